The number of pyridine rings is 1. The van der Waals surface area contributed by atoms with Crippen LogP contribution >= 0.6 is 11.3 Å². The number of alkyl halides is 3. The van der Waals surface area contributed by atoms with Gasteiger partial charge in [0, 0.05) is 37.1 Å². The minimum absolute atomic E-state index is 0.00793. The van der Waals surface area contributed by atoms with E-state index in [0.717, 1.165) is 27.7 Å². The van der Waals surface area contributed by atoms with E-state index in [9.17, 15) is 22.8 Å². The number of carbonyl (C=O) groups is 2. The highest BCUT2D eigenvalue weighted by atomic mass is 32.1. The van der Waals surface area contributed by atoms with Crippen LogP contribution in [0, 0.1) is 13.8 Å². The molecule has 1 fully saturated rings. The lowest BCUT2D eigenvalue weighted by Crippen LogP contribution is -2.38. The van der Waals surface area contributed by atoms with Crippen molar-refractivity contribution in [3.05, 3.63) is 68.8 Å². The molecule has 0 atom stereocenters. The van der Waals surface area contributed by atoms with Gasteiger partial charge in [0.2, 0.25) is 0 Å². The van der Waals surface area contributed by atoms with Crippen molar-refractivity contribution in [2.75, 3.05) is 18.4 Å². The van der Waals surface area contributed by atoms with Gasteiger partial charge in [0.25, 0.3) is 11.8 Å². The normalized spacial score (nSPS) is 14.7. The molecule has 3 aromatic heterocycles. The third-order valence-corrected chi connectivity index (χ3v) is 7.71. The smallest absolute Gasteiger partial charge is 0.339 e. The summed E-state index contributed by atoms with van der Waals surface area (Å²) in [6.45, 7) is 4.45. The van der Waals surface area contributed by atoms with Crippen molar-refractivity contribution < 1.29 is 22.8 Å². The quantitative estimate of drug-likeness (QED) is 0.376. The molecule has 12 heteroatoms. The summed E-state index contributed by atoms with van der Waals surface area (Å²) in [5.74, 6) is -0.589. The predicted molar refractivity (Wildman–Crippen MR) is 137 cm³/mol. The van der Waals surface area contributed by atoms with Crippen LogP contribution in [0.1, 0.15) is 61.4 Å². The fraction of sp³-hybridized carbons (Fsp3) is 0.346. The number of aryl methyl sites for hydroxylation is 3. The fourth-order valence-electron chi connectivity index (χ4n) is 4.85. The second kappa shape index (κ2) is 9.82. The predicted octanol–water partition coefficient (Wildman–Crippen LogP) is 5.33. The number of rotatable bonds is 4. The van der Waals surface area contributed by atoms with Gasteiger partial charge >= 0.3 is 6.18 Å². The summed E-state index contributed by atoms with van der Waals surface area (Å²) < 4.78 is 41.7. The number of hydrogen-bond donors (Lipinski definition) is 1. The number of piperidine rings is 1. The van der Waals surface area contributed by atoms with E-state index in [0.29, 0.717) is 37.4 Å². The first kappa shape index (κ1) is 25.8. The number of thiazole rings is 1. The van der Waals surface area contributed by atoms with Crippen molar-refractivity contribution >= 4 is 40.0 Å². The zero-order chi connectivity index (χ0) is 27.2. The average Bonchev–Trinajstić information content (AvgIpc) is 3.49. The summed E-state index contributed by atoms with van der Waals surface area (Å²) in [5, 5.41) is 10.5. The molecule has 1 saturated heterocycles. The summed E-state index contributed by atoms with van der Waals surface area (Å²) in [4.78, 5) is 36.3. The van der Waals surface area contributed by atoms with Crippen molar-refractivity contribution in [1.29, 1.82) is 0 Å². The zero-order valence-corrected chi connectivity index (χ0v) is 21.8. The van der Waals surface area contributed by atoms with Gasteiger partial charge in [-0.2, -0.15) is 18.3 Å². The Balaban J connectivity index is 1.25. The molecule has 0 unspecified atom stereocenters. The van der Waals surface area contributed by atoms with Gasteiger partial charge < -0.3 is 10.2 Å². The Bertz CT molecular complexity index is 1540. The number of hydrogen-bond acceptors (Lipinski definition) is 6. The highest BCUT2D eigenvalue weighted by Crippen LogP contribution is 2.35. The summed E-state index contributed by atoms with van der Waals surface area (Å²) >= 11 is 1.36. The third kappa shape index (κ3) is 4.87. The topological polar surface area (TPSA) is 93.0 Å². The van der Waals surface area contributed by atoms with E-state index in [2.05, 4.69) is 20.4 Å². The molecule has 198 valence electrons. The molecule has 5 rings (SSSR count). The van der Waals surface area contributed by atoms with Gasteiger partial charge in [0.1, 0.15) is 5.69 Å². The molecule has 0 saturated carbocycles. The van der Waals surface area contributed by atoms with Gasteiger partial charge in [-0.1, -0.05) is 12.1 Å². The Labute approximate surface area is 220 Å². The number of nitrogens with one attached hydrogen (secondary N) is 1. The molecule has 38 heavy (non-hydrogen) atoms. The van der Waals surface area contributed by atoms with E-state index < -0.39 is 17.6 Å². The standard InChI is InChI=1S/C26H25F3N6O2S/c1-14-12-15(2)30-22-20(14)21(33-34(22)3)32-23(36)19-13-38-24(31-19)16-8-10-35(11-9-16)25(37)17-6-4-5-7-18(17)26(27,28)29/h4-7,12-13,16H,8-11H2,1-3H3,(H,32,33,36). The van der Waals surface area contributed by atoms with Gasteiger partial charge in [0.15, 0.2) is 11.5 Å². The van der Waals surface area contributed by atoms with E-state index in [1.807, 2.05) is 19.9 Å². The van der Waals surface area contributed by atoms with Gasteiger partial charge in [-0.15, -0.1) is 11.3 Å². The number of halogens is 3. The van der Waals surface area contributed by atoms with Crippen LogP contribution in [0.15, 0.2) is 35.7 Å². The van der Waals surface area contributed by atoms with Crippen LogP contribution in [0.3, 0.4) is 0 Å². The number of aromatic nitrogens is 4. The first-order valence-corrected chi connectivity index (χ1v) is 12.9. The molecule has 8 nitrogen and oxygen atoms in total. The largest absolute Gasteiger partial charge is 0.417 e. The molecule has 4 heterocycles. The zero-order valence-electron chi connectivity index (χ0n) is 21.0. The van der Waals surface area contributed by atoms with Gasteiger partial charge in [-0.25, -0.2) is 14.6 Å². The Hall–Kier alpha value is -3.80. The Kier molecular flexibility index (Phi) is 6.68. The SMILES string of the molecule is Cc1cc(C)c2c(NC(=O)c3csc(C4CCN(C(=O)c5ccccc5C(F)(F)F)CC4)n3)nn(C)c2n1. The molecule has 1 aliphatic rings. The van der Waals surface area contributed by atoms with E-state index in [-0.39, 0.29) is 23.1 Å². The van der Waals surface area contributed by atoms with E-state index >= 15 is 0 Å². The maximum atomic E-state index is 13.4. The molecule has 4 aromatic rings. The van der Waals surface area contributed by atoms with E-state index in [1.54, 1.807) is 17.1 Å². The summed E-state index contributed by atoms with van der Waals surface area (Å²) in [5.41, 5.74) is 1.49. The van der Waals surface area contributed by atoms with Crippen LogP contribution in [-0.2, 0) is 13.2 Å². The Morgan fingerprint density at radius 1 is 1.11 bits per heavy atom. The lowest BCUT2D eigenvalue weighted by Gasteiger charge is -2.31. The fourth-order valence-corrected chi connectivity index (χ4v) is 5.82. The van der Waals surface area contributed by atoms with Crippen molar-refractivity contribution in [3.63, 3.8) is 0 Å². The molecule has 0 radical (unpaired) electrons. The second-order valence-electron chi connectivity index (χ2n) is 9.39. The van der Waals surface area contributed by atoms with Gasteiger partial charge in [-0.05, 0) is 50.5 Å². The number of nitrogens with zero attached hydrogens (tertiary/aromatic N) is 5. The molecule has 0 aliphatic carbocycles. The minimum Gasteiger partial charge on any atom is -0.339 e. The average molecular weight is 543 g/mol. The van der Waals surface area contributed by atoms with Crippen molar-refractivity contribution in [2.24, 2.45) is 7.05 Å². The van der Waals surface area contributed by atoms with Crippen LogP contribution in [0.2, 0.25) is 0 Å². The molecule has 0 bridgehead atoms. The molecule has 1 N–H and O–H groups in total. The first-order valence-electron chi connectivity index (χ1n) is 12.1. The lowest BCUT2D eigenvalue weighted by atomic mass is 9.96. The summed E-state index contributed by atoms with van der Waals surface area (Å²) in [6, 6.07) is 6.78. The molecule has 2 amide bonds. The number of benzene rings is 1. The number of anilines is 1. The molecular weight excluding hydrogens is 517 g/mol. The van der Waals surface area contributed by atoms with Crippen LogP contribution < -0.4 is 5.32 Å². The second-order valence-corrected chi connectivity index (χ2v) is 10.3. The number of likely N-dealkylation sites (tertiary alicyclic amines) is 1. The van der Waals surface area contributed by atoms with Crippen LogP contribution in [0.4, 0.5) is 19.0 Å². The Morgan fingerprint density at radius 2 is 1.82 bits per heavy atom. The molecule has 0 spiro atoms. The van der Waals surface area contributed by atoms with Crippen LogP contribution in [0.25, 0.3) is 11.0 Å². The summed E-state index contributed by atoms with van der Waals surface area (Å²) in [6.07, 6.45) is -3.51. The lowest BCUT2D eigenvalue weighted by molar-refractivity contribution is -0.138. The molecule has 1 aromatic carbocycles. The maximum Gasteiger partial charge on any atom is 0.417 e. The maximum absolute atomic E-state index is 13.4. The van der Waals surface area contributed by atoms with E-state index in [1.165, 1.54) is 34.4 Å². The van der Waals surface area contributed by atoms with E-state index in [4.69, 9.17) is 0 Å². The third-order valence-electron chi connectivity index (χ3n) is 6.70. The van der Waals surface area contributed by atoms with Crippen molar-refractivity contribution in [2.45, 2.75) is 38.8 Å². The van der Waals surface area contributed by atoms with Gasteiger partial charge in [0.05, 0.1) is 21.5 Å². The highest BCUT2D eigenvalue weighted by molar-refractivity contribution is 7.10. The van der Waals surface area contributed by atoms with Gasteiger partial charge in [-0.3, -0.25) is 9.59 Å². The summed E-state index contributed by atoms with van der Waals surface area (Å²) in [7, 11) is 1.77. The number of carbonyl (C=O) groups excluding carboxylic acids is 2. The number of fused-ring (bicyclic) bond motifs is 1. The minimum atomic E-state index is -4.60. The highest BCUT2D eigenvalue weighted by Gasteiger charge is 2.36. The van der Waals surface area contributed by atoms with Crippen LogP contribution in [0.5, 0.6) is 0 Å². The molecule has 1 aliphatic heterocycles. The van der Waals surface area contributed by atoms with Crippen LogP contribution in [-0.4, -0.2) is 49.6 Å². The van der Waals surface area contributed by atoms with Crippen molar-refractivity contribution in [1.82, 2.24) is 24.6 Å². The van der Waals surface area contributed by atoms with Crippen molar-refractivity contribution in [3.8, 4) is 0 Å². The Morgan fingerprint density at radius 3 is 2.53 bits per heavy atom. The monoisotopic (exact) mass is 542 g/mol. The first-order chi connectivity index (χ1) is 18.0. The molecular formula is C26H25F3N6O2S. The number of amides is 2.